The molecule has 0 unspecified atom stereocenters. The van der Waals surface area contributed by atoms with E-state index in [-0.39, 0.29) is 0 Å². The summed E-state index contributed by atoms with van der Waals surface area (Å²) >= 11 is 3.86. The van der Waals surface area contributed by atoms with Crippen molar-refractivity contribution in [1.29, 1.82) is 0 Å². The Bertz CT molecular complexity index is 432. The summed E-state index contributed by atoms with van der Waals surface area (Å²) in [5.41, 5.74) is 0. The van der Waals surface area contributed by atoms with Gasteiger partial charge in [-0.05, 0) is 36.5 Å². The number of thioether (sulfide) groups is 2. The van der Waals surface area contributed by atoms with Gasteiger partial charge >= 0.3 is 0 Å². The zero-order valence-electron chi connectivity index (χ0n) is 10.7. The van der Waals surface area contributed by atoms with Crippen molar-refractivity contribution in [3.63, 3.8) is 0 Å². The van der Waals surface area contributed by atoms with Crippen LogP contribution in [0, 0.1) is 23.7 Å². The minimum atomic E-state index is 0.734. The van der Waals surface area contributed by atoms with Gasteiger partial charge in [-0.2, -0.15) is 0 Å². The van der Waals surface area contributed by atoms with Crippen LogP contribution in [0.4, 0.5) is 0 Å². The zero-order chi connectivity index (χ0) is 12.3. The van der Waals surface area contributed by atoms with Crippen molar-refractivity contribution >= 4 is 23.5 Å². The molecule has 2 bridgehead atoms. The van der Waals surface area contributed by atoms with E-state index in [0.717, 1.165) is 44.4 Å². The fourth-order valence-electron chi connectivity index (χ4n) is 4.39. The van der Waals surface area contributed by atoms with Gasteiger partial charge < -0.3 is 9.47 Å². The van der Waals surface area contributed by atoms with Gasteiger partial charge in [0, 0.05) is 10.5 Å². The molecule has 4 rings (SSSR count). The highest BCUT2D eigenvalue weighted by Gasteiger charge is 2.60. The first-order chi connectivity index (χ1) is 8.83. The second-order valence-corrected chi connectivity index (χ2v) is 7.92. The summed E-state index contributed by atoms with van der Waals surface area (Å²) in [7, 11) is 3.52. The van der Waals surface area contributed by atoms with E-state index >= 15 is 0 Å². The molecule has 2 saturated carbocycles. The molecule has 0 radical (unpaired) electrons. The van der Waals surface area contributed by atoms with E-state index in [1.165, 1.54) is 12.8 Å². The molecule has 1 heterocycles. The molecule has 0 saturated heterocycles. The Kier molecular flexibility index (Phi) is 2.66. The van der Waals surface area contributed by atoms with Crippen molar-refractivity contribution in [3.05, 3.63) is 22.3 Å². The number of ether oxygens (including phenoxy) is 2. The third-order valence-electron chi connectivity index (χ3n) is 5.04. The third-order valence-corrected chi connectivity index (χ3v) is 8.30. The van der Waals surface area contributed by atoms with Crippen LogP contribution in [-0.4, -0.2) is 24.7 Å². The number of rotatable bonds is 2. The first-order valence-corrected chi connectivity index (χ1v) is 8.41. The van der Waals surface area contributed by atoms with E-state index in [9.17, 15) is 0 Å². The maximum atomic E-state index is 5.50. The van der Waals surface area contributed by atoms with Crippen LogP contribution in [0.5, 0.6) is 0 Å². The average Bonchev–Trinajstić information content (AvgIpc) is 3.07. The molecule has 0 amide bonds. The molecule has 0 N–H and O–H groups in total. The van der Waals surface area contributed by atoms with Gasteiger partial charge in [0.2, 0.25) is 10.2 Å². The Hall–Kier alpha value is -0.220. The van der Waals surface area contributed by atoms with E-state index in [1.807, 2.05) is 23.5 Å². The van der Waals surface area contributed by atoms with Gasteiger partial charge in [0.25, 0.3) is 0 Å². The van der Waals surface area contributed by atoms with Crippen LogP contribution >= 0.6 is 23.5 Å². The van der Waals surface area contributed by atoms with Crippen LogP contribution < -0.4 is 0 Å². The van der Waals surface area contributed by atoms with Crippen LogP contribution in [0.3, 0.4) is 0 Å². The number of fused-ring (bicyclic) bond motifs is 8. The highest BCUT2D eigenvalue weighted by atomic mass is 32.2. The maximum Gasteiger partial charge on any atom is 0.202 e. The van der Waals surface area contributed by atoms with Gasteiger partial charge in [0.15, 0.2) is 0 Å². The summed E-state index contributed by atoms with van der Waals surface area (Å²) in [5, 5.41) is 3.47. The van der Waals surface area contributed by atoms with Gasteiger partial charge in [-0.3, -0.25) is 0 Å². The molecule has 6 atom stereocenters. The predicted octanol–water partition coefficient (Wildman–Crippen LogP) is 3.47. The van der Waals surface area contributed by atoms with Crippen molar-refractivity contribution in [1.82, 2.24) is 0 Å². The van der Waals surface area contributed by atoms with Gasteiger partial charge in [-0.15, -0.1) is 0 Å². The molecule has 4 heteroatoms. The average molecular weight is 282 g/mol. The first-order valence-electron chi connectivity index (χ1n) is 6.65. The summed E-state index contributed by atoms with van der Waals surface area (Å²) in [6.07, 6.45) is 7.62. The molecule has 98 valence electrons. The Morgan fingerprint density at radius 1 is 1.00 bits per heavy atom. The van der Waals surface area contributed by atoms with E-state index in [2.05, 4.69) is 12.2 Å². The predicted molar refractivity (Wildman–Crippen MR) is 76.1 cm³/mol. The normalized spacial score (nSPS) is 48.3. The lowest BCUT2D eigenvalue weighted by atomic mass is 9.81. The quantitative estimate of drug-likeness (QED) is 0.722. The number of hydrogen-bond donors (Lipinski definition) is 0. The lowest BCUT2D eigenvalue weighted by Gasteiger charge is -2.40. The summed E-state index contributed by atoms with van der Waals surface area (Å²) in [6, 6.07) is 0. The SMILES string of the molecule is COC1=C(OC)S[C@@H]2[C@H]3C[C@H]([C@@H]4CC=C[C@@H]43)[C@H]2S1. The van der Waals surface area contributed by atoms with Crippen LogP contribution in [-0.2, 0) is 9.47 Å². The largest absolute Gasteiger partial charge is 0.487 e. The Morgan fingerprint density at radius 2 is 1.67 bits per heavy atom. The zero-order valence-corrected chi connectivity index (χ0v) is 12.3. The van der Waals surface area contributed by atoms with Crippen molar-refractivity contribution in [2.75, 3.05) is 14.2 Å². The molecule has 2 fully saturated rings. The standard InChI is InChI=1S/C14H18O2S2/c1-15-13-14(16-2)18-12-10-6-9(11(12)17-13)7-4-3-5-8(7)10/h3-4,7-12H,5-6H2,1-2H3/t7-,8+,9-,10+,11+,12+/m0/s1. The summed E-state index contributed by atoms with van der Waals surface area (Å²) in [4.78, 5) is 0. The maximum absolute atomic E-state index is 5.50. The smallest absolute Gasteiger partial charge is 0.202 e. The Balaban J connectivity index is 1.65. The molecule has 0 aromatic rings. The van der Waals surface area contributed by atoms with Gasteiger partial charge in [0.05, 0.1) is 14.2 Å². The van der Waals surface area contributed by atoms with E-state index < -0.39 is 0 Å². The van der Waals surface area contributed by atoms with Crippen molar-refractivity contribution in [3.8, 4) is 0 Å². The minimum Gasteiger partial charge on any atom is -0.487 e. The molecular weight excluding hydrogens is 264 g/mol. The molecule has 0 aromatic heterocycles. The monoisotopic (exact) mass is 282 g/mol. The van der Waals surface area contributed by atoms with E-state index in [0.29, 0.717) is 0 Å². The second kappa shape index (κ2) is 4.14. The van der Waals surface area contributed by atoms with Crippen LogP contribution in [0.1, 0.15) is 12.8 Å². The topological polar surface area (TPSA) is 18.5 Å². The minimum absolute atomic E-state index is 0.734. The highest BCUT2D eigenvalue weighted by Crippen LogP contribution is 2.65. The summed E-state index contributed by atoms with van der Waals surface area (Å²) in [5.74, 6) is 3.53. The van der Waals surface area contributed by atoms with Gasteiger partial charge in [-0.1, -0.05) is 35.7 Å². The van der Waals surface area contributed by atoms with E-state index in [4.69, 9.17) is 9.47 Å². The third kappa shape index (κ3) is 1.39. The fourth-order valence-corrected chi connectivity index (χ4v) is 7.69. The molecule has 2 nitrogen and oxygen atoms in total. The molecule has 1 aliphatic heterocycles. The molecule has 3 aliphatic carbocycles. The van der Waals surface area contributed by atoms with Gasteiger partial charge in [-0.25, -0.2) is 0 Å². The molecule has 4 aliphatic rings. The summed E-state index contributed by atoms with van der Waals surface area (Å²) < 4.78 is 11.0. The molecule has 0 spiro atoms. The number of allylic oxidation sites excluding steroid dienone is 2. The van der Waals surface area contributed by atoms with Crippen molar-refractivity contribution < 1.29 is 9.47 Å². The van der Waals surface area contributed by atoms with Crippen LogP contribution in [0.15, 0.2) is 22.3 Å². The van der Waals surface area contributed by atoms with Crippen LogP contribution in [0.25, 0.3) is 0 Å². The molecule has 0 aromatic carbocycles. The lowest BCUT2D eigenvalue weighted by molar-refractivity contribution is 0.257. The van der Waals surface area contributed by atoms with Crippen LogP contribution in [0.2, 0.25) is 0 Å². The number of hydrogen-bond acceptors (Lipinski definition) is 4. The molecular formula is C14H18O2S2. The second-order valence-electron chi connectivity index (χ2n) is 5.62. The lowest BCUT2D eigenvalue weighted by Crippen LogP contribution is -2.38. The highest BCUT2D eigenvalue weighted by molar-refractivity contribution is 8.10. The Labute approximate surface area is 117 Å². The Morgan fingerprint density at radius 3 is 2.33 bits per heavy atom. The van der Waals surface area contributed by atoms with Crippen molar-refractivity contribution in [2.24, 2.45) is 23.7 Å². The first kappa shape index (κ1) is 11.6. The fraction of sp³-hybridized carbons (Fsp3) is 0.714. The van der Waals surface area contributed by atoms with Crippen molar-refractivity contribution in [2.45, 2.75) is 23.3 Å². The number of methoxy groups -OCH3 is 2. The molecule has 18 heavy (non-hydrogen) atoms. The summed E-state index contributed by atoms with van der Waals surface area (Å²) in [6.45, 7) is 0. The van der Waals surface area contributed by atoms with E-state index in [1.54, 1.807) is 14.2 Å². The van der Waals surface area contributed by atoms with Gasteiger partial charge in [0.1, 0.15) is 0 Å².